The molecular formula is C21H24N6O3. The summed E-state index contributed by atoms with van der Waals surface area (Å²) >= 11 is 0. The molecule has 0 radical (unpaired) electrons. The third kappa shape index (κ3) is 3.22. The predicted molar refractivity (Wildman–Crippen MR) is 114 cm³/mol. The number of aromatic nitrogens is 5. The summed E-state index contributed by atoms with van der Waals surface area (Å²) in [5.74, 6) is 0.363. The van der Waals surface area contributed by atoms with Crippen molar-refractivity contribution in [3.63, 3.8) is 0 Å². The van der Waals surface area contributed by atoms with Gasteiger partial charge in [0.1, 0.15) is 29.2 Å². The molecule has 0 amide bonds. The Kier molecular flexibility index (Phi) is 4.41. The number of phenolic OH excluding ortho intramolecular Hbond substituents is 1. The molecule has 9 heteroatoms. The minimum absolute atomic E-state index is 0.0129. The van der Waals surface area contributed by atoms with Crippen molar-refractivity contribution in [2.24, 2.45) is 0 Å². The smallest absolute Gasteiger partial charge is 0.419 e. The Morgan fingerprint density at radius 3 is 2.60 bits per heavy atom. The molecule has 0 aliphatic heterocycles. The molecule has 1 aromatic carbocycles. The third-order valence-electron chi connectivity index (χ3n) is 4.61. The molecule has 0 bridgehead atoms. The van der Waals surface area contributed by atoms with Crippen LogP contribution in [0, 0.1) is 0 Å². The molecule has 156 valence electrons. The molecule has 0 saturated heterocycles. The first kappa shape index (κ1) is 19.7. The summed E-state index contributed by atoms with van der Waals surface area (Å²) < 4.78 is 8.83. The number of nitrogens with zero attached hydrogens (tertiary/aromatic N) is 5. The lowest BCUT2D eigenvalue weighted by Crippen LogP contribution is -2.27. The molecule has 3 N–H and O–H groups in total. The highest BCUT2D eigenvalue weighted by atomic mass is 16.6. The van der Waals surface area contributed by atoms with Crippen LogP contribution in [0.3, 0.4) is 0 Å². The quantitative estimate of drug-likeness (QED) is 0.512. The lowest BCUT2D eigenvalue weighted by atomic mass is 10.2. The monoisotopic (exact) mass is 408 g/mol. The van der Waals surface area contributed by atoms with E-state index in [1.165, 1.54) is 17.0 Å². The Bertz CT molecular complexity index is 1280. The molecule has 3 heterocycles. The van der Waals surface area contributed by atoms with Gasteiger partial charge >= 0.3 is 6.09 Å². The second-order valence-electron chi connectivity index (χ2n) is 8.43. The van der Waals surface area contributed by atoms with Gasteiger partial charge in [-0.3, -0.25) is 0 Å². The van der Waals surface area contributed by atoms with Gasteiger partial charge < -0.3 is 15.6 Å². The number of nitrogen functional groups attached to an aromatic ring is 1. The van der Waals surface area contributed by atoms with Crippen LogP contribution >= 0.6 is 0 Å². The van der Waals surface area contributed by atoms with Crippen molar-refractivity contribution < 1.29 is 14.6 Å². The fraction of sp³-hybridized carbons (Fsp3) is 0.333. The molecule has 9 nitrogen and oxygen atoms in total. The number of hydrogen-bond acceptors (Lipinski definition) is 7. The van der Waals surface area contributed by atoms with Gasteiger partial charge in [0, 0.05) is 11.4 Å². The van der Waals surface area contributed by atoms with Crippen molar-refractivity contribution in [3.8, 4) is 17.1 Å². The number of carbonyl (C=O) groups is 1. The zero-order valence-electron chi connectivity index (χ0n) is 17.5. The number of aromatic hydroxyl groups is 1. The van der Waals surface area contributed by atoms with Crippen LogP contribution in [0.15, 0.2) is 30.6 Å². The van der Waals surface area contributed by atoms with Gasteiger partial charge in [-0.25, -0.2) is 24.0 Å². The molecule has 0 atom stereocenters. The van der Waals surface area contributed by atoms with Crippen molar-refractivity contribution in [2.75, 3.05) is 5.73 Å². The Hall–Kier alpha value is -3.62. The highest BCUT2D eigenvalue weighted by molar-refractivity contribution is 6.03. The van der Waals surface area contributed by atoms with E-state index in [4.69, 9.17) is 15.6 Å². The van der Waals surface area contributed by atoms with Crippen molar-refractivity contribution in [2.45, 2.75) is 46.3 Å². The van der Waals surface area contributed by atoms with Gasteiger partial charge in [0.2, 0.25) is 0 Å². The first-order chi connectivity index (χ1) is 14.1. The highest BCUT2D eigenvalue weighted by Crippen LogP contribution is 2.36. The van der Waals surface area contributed by atoms with E-state index in [0.29, 0.717) is 33.3 Å². The lowest BCUT2D eigenvalue weighted by Gasteiger charge is -2.20. The molecular weight excluding hydrogens is 384 g/mol. The minimum Gasteiger partial charge on any atom is -0.508 e. The zero-order chi connectivity index (χ0) is 21.8. The SMILES string of the molecule is CC(C)n1nc(-c2cc3cc(O)ccc3n2C(=O)OC(C)(C)C)c2c(N)ncnc21. The summed E-state index contributed by atoms with van der Waals surface area (Å²) in [6.45, 7) is 9.37. The molecule has 3 aromatic heterocycles. The third-order valence-corrected chi connectivity index (χ3v) is 4.61. The maximum atomic E-state index is 13.2. The maximum absolute atomic E-state index is 13.2. The standard InChI is InChI=1S/C21H24N6O3/c1-11(2)27-19-16(18(22)23-10-24-19)17(25-27)15-9-12-8-13(28)6-7-14(12)26(15)20(29)30-21(3,4)5/h6-11,28H,1-5H3,(H2,22,23,24). The fourth-order valence-electron chi connectivity index (χ4n) is 3.42. The molecule has 0 aliphatic rings. The van der Waals surface area contributed by atoms with Crippen LogP contribution < -0.4 is 5.73 Å². The van der Waals surface area contributed by atoms with E-state index in [1.807, 2.05) is 13.8 Å². The van der Waals surface area contributed by atoms with E-state index >= 15 is 0 Å². The number of ether oxygens (including phenoxy) is 1. The Morgan fingerprint density at radius 2 is 1.93 bits per heavy atom. The van der Waals surface area contributed by atoms with E-state index in [1.54, 1.807) is 43.7 Å². The molecule has 0 unspecified atom stereocenters. The summed E-state index contributed by atoms with van der Waals surface area (Å²) in [6, 6.07) is 6.56. The second-order valence-corrected chi connectivity index (χ2v) is 8.43. The van der Waals surface area contributed by atoms with Crippen LogP contribution in [0.1, 0.15) is 40.7 Å². The Morgan fingerprint density at radius 1 is 1.20 bits per heavy atom. The van der Waals surface area contributed by atoms with Crippen LogP contribution in [-0.4, -0.2) is 41.1 Å². The summed E-state index contributed by atoms with van der Waals surface area (Å²) in [5.41, 5.74) is 7.61. The van der Waals surface area contributed by atoms with Gasteiger partial charge in [0.15, 0.2) is 5.65 Å². The fourth-order valence-corrected chi connectivity index (χ4v) is 3.42. The number of phenols is 1. The average Bonchev–Trinajstić information content (AvgIpc) is 3.19. The topological polar surface area (TPSA) is 121 Å². The van der Waals surface area contributed by atoms with Gasteiger partial charge in [-0.1, -0.05) is 0 Å². The van der Waals surface area contributed by atoms with Gasteiger partial charge in [-0.15, -0.1) is 0 Å². The lowest BCUT2D eigenvalue weighted by molar-refractivity contribution is 0.0547. The van der Waals surface area contributed by atoms with Crippen LogP contribution in [0.2, 0.25) is 0 Å². The van der Waals surface area contributed by atoms with Crippen molar-refractivity contribution in [1.29, 1.82) is 0 Å². The number of benzene rings is 1. The highest BCUT2D eigenvalue weighted by Gasteiger charge is 2.27. The molecule has 0 saturated carbocycles. The van der Waals surface area contributed by atoms with Crippen molar-refractivity contribution >= 4 is 33.8 Å². The maximum Gasteiger partial charge on any atom is 0.419 e. The van der Waals surface area contributed by atoms with E-state index in [2.05, 4.69) is 9.97 Å². The number of fused-ring (bicyclic) bond motifs is 2. The van der Waals surface area contributed by atoms with Crippen LogP contribution in [0.4, 0.5) is 10.6 Å². The van der Waals surface area contributed by atoms with E-state index < -0.39 is 11.7 Å². The normalized spacial score (nSPS) is 12.2. The van der Waals surface area contributed by atoms with Crippen LogP contribution in [0.5, 0.6) is 5.75 Å². The number of nitrogens with two attached hydrogens (primary N) is 1. The largest absolute Gasteiger partial charge is 0.508 e. The predicted octanol–water partition coefficient (Wildman–Crippen LogP) is 4.10. The van der Waals surface area contributed by atoms with E-state index in [-0.39, 0.29) is 17.6 Å². The zero-order valence-corrected chi connectivity index (χ0v) is 17.5. The number of rotatable bonds is 2. The van der Waals surface area contributed by atoms with Crippen LogP contribution in [0.25, 0.3) is 33.3 Å². The molecule has 4 aromatic rings. The van der Waals surface area contributed by atoms with Gasteiger partial charge in [0.25, 0.3) is 0 Å². The first-order valence-electron chi connectivity index (χ1n) is 9.63. The first-order valence-corrected chi connectivity index (χ1v) is 9.63. The van der Waals surface area contributed by atoms with Gasteiger partial charge in [-0.05, 0) is 58.9 Å². The van der Waals surface area contributed by atoms with Crippen molar-refractivity contribution in [1.82, 2.24) is 24.3 Å². The molecule has 4 rings (SSSR count). The number of hydrogen-bond donors (Lipinski definition) is 2. The Balaban J connectivity index is 2.07. The number of carbonyl (C=O) groups excluding carboxylic acids is 1. The summed E-state index contributed by atoms with van der Waals surface area (Å²) in [6.07, 6.45) is 0.838. The molecule has 30 heavy (non-hydrogen) atoms. The molecule has 0 fully saturated rings. The Labute approximate surface area is 173 Å². The second kappa shape index (κ2) is 6.72. The van der Waals surface area contributed by atoms with Gasteiger partial charge in [-0.2, -0.15) is 5.10 Å². The molecule has 0 spiro atoms. The van der Waals surface area contributed by atoms with Gasteiger partial charge in [0.05, 0.1) is 16.6 Å². The molecule has 0 aliphatic carbocycles. The van der Waals surface area contributed by atoms with E-state index in [9.17, 15) is 9.90 Å². The minimum atomic E-state index is -0.691. The summed E-state index contributed by atoms with van der Waals surface area (Å²) in [5, 5.41) is 15.9. The number of anilines is 1. The van der Waals surface area contributed by atoms with Crippen molar-refractivity contribution in [3.05, 3.63) is 30.6 Å². The summed E-state index contributed by atoms with van der Waals surface area (Å²) in [4.78, 5) is 21.6. The van der Waals surface area contributed by atoms with Crippen LogP contribution in [-0.2, 0) is 4.74 Å². The average molecular weight is 408 g/mol. The van der Waals surface area contributed by atoms with E-state index in [0.717, 1.165) is 0 Å². The summed E-state index contributed by atoms with van der Waals surface area (Å²) in [7, 11) is 0.